The van der Waals surface area contributed by atoms with Crippen LogP contribution in [0.1, 0.15) is 17.5 Å². The highest BCUT2D eigenvalue weighted by Gasteiger charge is 2.16. The Morgan fingerprint density at radius 3 is 2.19 bits per heavy atom. The van der Waals surface area contributed by atoms with E-state index in [0.717, 1.165) is 58.0 Å². The molecule has 1 fully saturated rings. The lowest BCUT2D eigenvalue weighted by Gasteiger charge is -2.34. The maximum Gasteiger partial charge on any atom is 0.119 e. The van der Waals surface area contributed by atoms with Gasteiger partial charge >= 0.3 is 0 Å². The molecule has 4 nitrogen and oxygen atoms in total. The highest BCUT2D eigenvalue weighted by molar-refractivity contribution is 5.27. The van der Waals surface area contributed by atoms with Crippen molar-refractivity contribution in [2.24, 2.45) is 0 Å². The Morgan fingerprint density at radius 2 is 1.50 bits per heavy atom. The largest absolute Gasteiger partial charge is 0.489 e. The van der Waals surface area contributed by atoms with Crippen LogP contribution in [0, 0.1) is 0 Å². The maximum atomic E-state index is 5.87. The minimum absolute atomic E-state index is 0.616. The van der Waals surface area contributed by atoms with Gasteiger partial charge in [-0.15, -0.1) is 0 Å². The first-order valence-corrected chi connectivity index (χ1v) is 9.53. The third kappa shape index (κ3) is 6.13. The number of methoxy groups -OCH3 is 1. The fourth-order valence-electron chi connectivity index (χ4n) is 3.29. The first-order valence-electron chi connectivity index (χ1n) is 9.53. The van der Waals surface area contributed by atoms with E-state index in [9.17, 15) is 0 Å². The molecule has 0 aliphatic carbocycles. The number of ether oxygens (including phenoxy) is 2. The quantitative estimate of drug-likeness (QED) is 0.644. The summed E-state index contributed by atoms with van der Waals surface area (Å²) in [4.78, 5) is 5.07. The second-order valence-corrected chi connectivity index (χ2v) is 6.88. The van der Waals surface area contributed by atoms with E-state index < -0.39 is 0 Å². The van der Waals surface area contributed by atoms with Gasteiger partial charge < -0.3 is 14.4 Å². The summed E-state index contributed by atoms with van der Waals surface area (Å²) in [7, 11) is 1.77. The molecule has 0 unspecified atom stereocenters. The Labute approximate surface area is 157 Å². The van der Waals surface area contributed by atoms with E-state index in [1.165, 1.54) is 11.1 Å². The molecule has 1 heterocycles. The lowest BCUT2D eigenvalue weighted by atomic mass is 10.2. The van der Waals surface area contributed by atoms with Crippen molar-refractivity contribution in [2.75, 3.05) is 46.4 Å². The molecule has 140 valence electrons. The van der Waals surface area contributed by atoms with Crippen LogP contribution in [-0.2, 0) is 17.9 Å². The van der Waals surface area contributed by atoms with E-state index in [4.69, 9.17) is 9.47 Å². The fourth-order valence-corrected chi connectivity index (χ4v) is 3.29. The molecule has 0 radical (unpaired) electrons. The Balaban J connectivity index is 1.39. The normalized spacial score (nSPS) is 15.9. The van der Waals surface area contributed by atoms with Crippen LogP contribution in [0.4, 0.5) is 0 Å². The summed E-state index contributed by atoms with van der Waals surface area (Å²) in [6.45, 7) is 8.23. The first kappa shape index (κ1) is 18.9. The van der Waals surface area contributed by atoms with Crippen LogP contribution in [0.15, 0.2) is 54.6 Å². The van der Waals surface area contributed by atoms with Crippen molar-refractivity contribution in [2.45, 2.75) is 19.6 Å². The number of benzene rings is 2. The van der Waals surface area contributed by atoms with E-state index in [0.29, 0.717) is 6.61 Å². The van der Waals surface area contributed by atoms with Gasteiger partial charge in [0.05, 0.1) is 0 Å². The zero-order chi connectivity index (χ0) is 18.0. The standard InChI is InChI=1S/C22H30N2O2/c1-25-17-5-12-23-13-15-24(16-14-23)18-20-8-10-22(11-9-20)26-19-21-6-3-2-4-7-21/h2-4,6-11H,5,12-19H2,1H3. The molecule has 26 heavy (non-hydrogen) atoms. The van der Waals surface area contributed by atoms with E-state index in [1.54, 1.807) is 7.11 Å². The van der Waals surface area contributed by atoms with Crippen molar-refractivity contribution in [3.05, 3.63) is 65.7 Å². The van der Waals surface area contributed by atoms with Gasteiger partial charge in [0, 0.05) is 53.0 Å². The molecule has 2 aromatic rings. The maximum absolute atomic E-state index is 5.87. The van der Waals surface area contributed by atoms with Crippen molar-refractivity contribution < 1.29 is 9.47 Å². The molecular weight excluding hydrogens is 324 g/mol. The molecule has 0 saturated carbocycles. The van der Waals surface area contributed by atoms with Gasteiger partial charge in [-0.1, -0.05) is 42.5 Å². The van der Waals surface area contributed by atoms with Crippen molar-refractivity contribution >= 4 is 0 Å². The Hall–Kier alpha value is -1.88. The third-order valence-corrected chi connectivity index (χ3v) is 4.87. The molecule has 2 aromatic carbocycles. The molecule has 4 heteroatoms. The summed E-state index contributed by atoms with van der Waals surface area (Å²) in [6, 6.07) is 18.8. The number of piperazine rings is 1. The van der Waals surface area contributed by atoms with Crippen LogP contribution in [0.25, 0.3) is 0 Å². The molecule has 0 aromatic heterocycles. The first-order chi connectivity index (χ1) is 12.8. The molecule has 0 atom stereocenters. The SMILES string of the molecule is COCCCN1CCN(Cc2ccc(OCc3ccccc3)cc2)CC1. The van der Waals surface area contributed by atoms with Crippen LogP contribution >= 0.6 is 0 Å². The number of rotatable bonds is 9. The van der Waals surface area contributed by atoms with E-state index in [-0.39, 0.29) is 0 Å². The predicted octanol–water partition coefficient (Wildman–Crippen LogP) is 3.42. The van der Waals surface area contributed by atoms with Gasteiger partial charge in [-0.25, -0.2) is 0 Å². The highest BCUT2D eigenvalue weighted by atomic mass is 16.5. The monoisotopic (exact) mass is 354 g/mol. The minimum Gasteiger partial charge on any atom is -0.489 e. The second kappa shape index (κ2) is 10.3. The molecule has 3 rings (SSSR count). The van der Waals surface area contributed by atoms with Gasteiger partial charge in [-0.3, -0.25) is 4.90 Å². The van der Waals surface area contributed by atoms with Gasteiger partial charge in [0.15, 0.2) is 0 Å². The smallest absolute Gasteiger partial charge is 0.119 e. The molecule has 1 aliphatic heterocycles. The van der Waals surface area contributed by atoms with Crippen LogP contribution in [-0.4, -0.2) is 56.2 Å². The zero-order valence-electron chi connectivity index (χ0n) is 15.8. The Morgan fingerprint density at radius 1 is 0.808 bits per heavy atom. The van der Waals surface area contributed by atoms with Crippen LogP contribution in [0.2, 0.25) is 0 Å². The van der Waals surface area contributed by atoms with Gasteiger partial charge in [0.25, 0.3) is 0 Å². The summed E-state index contributed by atoms with van der Waals surface area (Å²) in [6.07, 6.45) is 1.13. The summed E-state index contributed by atoms with van der Waals surface area (Å²) < 4.78 is 11.0. The average molecular weight is 354 g/mol. The van der Waals surface area contributed by atoms with Gasteiger partial charge in [-0.05, 0) is 29.7 Å². The Kier molecular flexibility index (Phi) is 7.50. The summed E-state index contributed by atoms with van der Waals surface area (Å²) in [5, 5.41) is 0. The van der Waals surface area contributed by atoms with Gasteiger partial charge in [-0.2, -0.15) is 0 Å². The molecular formula is C22H30N2O2. The molecule has 1 aliphatic rings. The second-order valence-electron chi connectivity index (χ2n) is 6.88. The lowest BCUT2D eigenvalue weighted by Crippen LogP contribution is -2.46. The van der Waals surface area contributed by atoms with Gasteiger partial charge in [0.2, 0.25) is 0 Å². The summed E-state index contributed by atoms with van der Waals surface area (Å²) in [5.41, 5.74) is 2.55. The molecule has 0 N–H and O–H groups in total. The van der Waals surface area contributed by atoms with Crippen LogP contribution in [0.3, 0.4) is 0 Å². The molecule has 0 bridgehead atoms. The highest BCUT2D eigenvalue weighted by Crippen LogP contribution is 2.16. The van der Waals surface area contributed by atoms with Gasteiger partial charge in [0.1, 0.15) is 12.4 Å². The lowest BCUT2D eigenvalue weighted by molar-refractivity contribution is 0.113. The van der Waals surface area contributed by atoms with E-state index >= 15 is 0 Å². The van der Waals surface area contributed by atoms with Crippen molar-refractivity contribution in [3.8, 4) is 5.75 Å². The van der Waals surface area contributed by atoms with E-state index in [2.05, 4.69) is 46.2 Å². The third-order valence-electron chi connectivity index (χ3n) is 4.87. The van der Waals surface area contributed by atoms with E-state index in [1.807, 2.05) is 18.2 Å². The molecule has 1 saturated heterocycles. The molecule has 0 spiro atoms. The fraction of sp³-hybridized carbons (Fsp3) is 0.455. The van der Waals surface area contributed by atoms with Crippen molar-refractivity contribution in [1.82, 2.24) is 9.80 Å². The molecule has 0 amide bonds. The number of hydrogen-bond donors (Lipinski definition) is 0. The number of nitrogens with zero attached hydrogens (tertiary/aromatic N) is 2. The van der Waals surface area contributed by atoms with Crippen LogP contribution in [0.5, 0.6) is 5.75 Å². The summed E-state index contributed by atoms with van der Waals surface area (Å²) in [5.74, 6) is 0.931. The van der Waals surface area contributed by atoms with Crippen LogP contribution < -0.4 is 4.74 Å². The average Bonchev–Trinajstić information content (AvgIpc) is 2.70. The number of hydrogen-bond acceptors (Lipinski definition) is 4. The Bertz CT molecular complexity index is 622. The minimum atomic E-state index is 0.616. The topological polar surface area (TPSA) is 24.9 Å². The predicted molar refractivity (Wildman–Crippen MR) is 105 cm³/mol. The zero-order valence-corrected chi connectivity index (χ0v) is 15.8. The van der Waals surface area contributed by atoms with Crippen molar-refractivity contribution in [1.29, 1.82) is 0 Å². The van der Waals surface area contributed by atoms with Crippen molar-refractivity contribution in [3.63, 3.8) is 0 Å². The summed E-state index contributed by atoms with van der Waals surface area (Å²) >= 11 is 0.